The highest BCUT2D eigenvalue weighted by Gasteiger charge is 2.02. The van der Waals surface area contributed by atoms with Crippen molar-refractivity contribution >= 4 is 11.6 Å². The molecule has 0 aromatic heterocycles. The third-order valence-electron chi connectivity index (χ3n) is 2.80. The maximum absolute atomic E-state index is 8.78. The highest BCUT2D eigenvalue weighted by Crippen LogP contribution is 2.22. The molecule has 0 saturated heterocycles. The molecule has 0 aliphatic carbocycles. The predicted molar refractivity (Wildman–Crippen MR) is 76.5 cm³/mol. The molecule has 3 heteroatoms. The van der Waals surface area contributed by atoms with Gasteiger partial charge in [-0.3, -0.25) is 0 Å². The largest absolute Gasteiger partial charge is 0.493 e. The second-order valence-electron chi connectivity index (χ2n) is 4.34. The first-order valence-electron chi connectivity index (χ1n) is 6.07. The van der Waals surface area contributed by atoms with Crippen LogP contribution in [0.3, 0.4) is 0 Å². The molecule has 0 amide bonds. The van der Waals surface area contributed by atoms with Gasteiger partial charge in [-0.1, -0.05) is 41.4 Å². The number of benzene rings is 2. The summed E-state index contributed by atoms with van der Waals surface area (Å²) in [5.41, 5.74) is 2.96. The van der Waals surface area contributed by atoms with Crippen LogP contribution in [0, 0.1) is 18.3 Å². The summed E-state index contributed by atoms with van der Waals surface area (Å²) < 4.78 is 5.64. The van der Waals surface area contributed by atoms with Crippen LogP contribution in [0.5, 0.6) is 5.75 Å². The van der Waals surface area contributed by atoms with E-state index in [0.29, 0.717) is 22.9 Å². The molecule has 0 spiro atoms. The predicted octanol–water partition coefficient (Wildman–Crippen LogP) is 4.14. The van der Waals surface area contributed by atoms with Crippen molar-refractivity contribution in [1.82, 2.24) is 0 Å². The first-order valence-corrected chi connectivity index (χ1v) is 6.45. The van der Waals surface area contributed by atoms with E-state index < -0.39 is 0 Å². The minimum absolute atomic E-state index is 0.426. The molecule has 0 unspecified atom stereocenters. The molecule has 0 atom stereocenters. The number of ether oxygens (including phenoxy) is 1. The molecule has 0 bridgehead atoms. The van der Waals surface area contributed by atoms with Crippen molar-refractivity contribution in [3.05, 3.63) is 64.2 Å². The number of hydrogen-bond acceptors (Lipinski definition) is 2. The molecule has 2 rings (SSSR count). The summed E-state index contributed by atoms with van der Waals surface area (Å²) in [5.74, 6) is 0.691. The number of aryl methyl sites for hydroxylation is 1. The highest BCUT2D eigenvalue weighted by atomic mass is 35.5. The molecular weight excluding hydrogens is 258 g/mol. The molecule has 0 heterocycles. The van der Waals surface area contributed by atoms with Gasteiger partial charge >= 0.3 is 0 Å². The van der Waals surface area contributed by atoms with E-state index in [1.54, 1.807) is 18.2 Å². The van der Waals surface area contributed by atoms with E-state index in [0.717, 1.165) is 6.42 Å². The van der Waals surface area contributed by atoms with Crippen LogP contribution in [0.4, 0.5) is 0 Å². The SMILES string of the molecule is Cc1cccc(CCOc2ccc(C#N)c(Cl)c2)c1. The summed E-state index contributed by atoms with van der Waals surface area (Å²) in [4.78, 5) is 0. The Hall–Kier alpha value is -1.98. The van der Waals surface area contributed by atoms with Gasteiger partial charge in [-0.2, -0.15) is 5.26 Å². The fourth-order valence-corrected chi connectivity index (χ4v) is 2.04. The Bertz CT molecular complexity index is 616. The lowest BCUT2D eigenvalue weighted by Gasteiger charge is -2.07. The monoisotopic (exact) mass is 271 g/mol. The van der Waals surface area contributed by atoms with E-state index in [1.165, 1.54) is 11.1 Å². The molecule has 0 radical (unpaired) electrons. The highest BCUT2D eigenvalue weighted by molar-refractivity contribution is 6.31. The van der Waals surface area contributed by atoms with Crippen LogP contribution in [0.25, 0.3) is 0 Å². The van der Waals surface area contributed by atoms with Crippen LogP contribution in [0.15, 0.2) is 42.5 Å². The molecule has 0 fully saturated rings. The average Bonchev–Trinajstić information content (AvgIpc) is 2.39. The zero-order chi connectivity index (χ0) is 13.7. The van der Waals surface area contributed by atoms with Crippen molar-refractivity contribution < 1.29 is 4.74 Å². The van der Waals surface area contributed by atoms with Gasteiger partial charge in [0.25, 0.3) is 0 Å². The van der Waals surface area contributed by atoms with Gasteiger partial charge < -0.3 is 4.74 Å². The Balaban J connectivity index is 1.93. The van der Waals surface area contributed by atoms with E-state index >= 15 is 0 Å². The van der Waals surface area contributed by atoms with Crippen LogP contribution >= 0.6 is 11.6 Å². The Morgan fingerprint density at radius 1 is 1.21 bits per heavy atom. The first kappa shape index (κ1) is 13.5. The Labute approximate surface area is 118 Å². The number of rotatable bonds is 4. The maximum Gasteiger partial charge on any atom is 0.120 e. The van der Waals surface area contributed by atoms with Gasteiger partial charge in [0.15, 0.2) is 0 Å². The molecule has 2 nitrogen and oxygen atoms in total. The molecule has 0 saturated carbocycles. The zero-order valence-electron chi connectivity index (χ0n) is 10.7. The normalized spacial score (nSPS) is 9.95. The lowest BCUT2D eigenvalue weighted by atomic mass is 10.1. The number of halogens is 1. The standard InChI is InChI=1S/C16H14ClNO/c1-12-3-2-4-13(9-12)7-8-19-15-6-5-14(11-18)16(17)10-15/h2-6,9-10H,7-8H2,1H3. The van der Waals surface area contributed by atoms with Crippen molar-refractivity contribution in [2.24, 2.45) is 0 Å². The molecule has 2 aromatic carbocycles. The van der Waals surface area contributed by atoms with Crippen LogP contribution in [0.2, 0.25) is 5.02 Å². The van der Waals surface area contributed by atoms with Gasteiger partial charge in [0.05, 0.1) is 17.2 Å². The van der Waals surface area contributed by atoms with Gasteiger partial charge in [0, 0.05) is 12.5 Å². The topological polar surface area (TPSA) is 33.0 Å². The number of hydrogen-bond donors (Lipinski definition) is 0. The third kappa shape index (κ3) is 3.74. The van der Waals surface area contributed by atoms with Gasteiger partial charge in [-0.25, -0.2) is 0 Å². The fraction of sp³-hybridized carbons (Fsp3) is 0.188. The lowest BCUT2D eigenvalue weighted by Crippen LogP contribution is -2.01. The molecule has 0 aliphatic rings. The summed E-state index contributed by atoms with van der Waals surface area (Å²) >= 11 is 5.94. The van der Waals surface area contributed by atoms with Crippen molar-refractivity contribution in [2.75, 3.05) is 6.61 Å². The van der Waals surface area contributed by atoms with E-state index in [1.807, 2.05) is 12.1 Å². The minimum atomic E-state index is 0.426. The van der Waals surface area contributed by atoms with Gasteiger partial charge in [-0.05, 0) is 24.6 Å². The lowest BCUT2D eigenvalue weighted by molar-refractivity contribution is 0.322. The molecule has 0 aliphatic heterocycles. The van der Waals surface area contributed by atoms with E-state index in [-0.39, 0.29) is 0 Å². The molecule has 96 valence electrons. The van der Waals surface area contributed by atoms with Gasteiger partial charge in [0.2, 0.25) is 0 Å². The molecule has 2 aromatic rings. The quantitative estimate of drug-likeness (QED) is 0.837. The smallest absolute Gasteiger partial charge is 0.120 e. The Morgan fingerprint density at radius 3 is 2.74 bits per heavy atom. The summed E-state index contributed by atoms with van der Waals surface area (Å²) in [6.45, 7) is 2.66. The Morgan fingerprint density at radius 2 is 2.05 bits per heavy atom. The molecule has 0 N–H and O–H groups in total. The average molecular weight is 272 g/mol. The van der Waals surface area contributed by atoms with Gasteiger partial charge in [0.1, 0.15) is 11.8 Å². The third-order valence-corrected chi connectivity index (χ3v) is 3.12. The van der Waals surface area contributed by atoms with Crippen LogP contribution < -0.4 is 4.74 Å². The van der Waals surface area contributed by atoms with E-state index in [2.05, 4.69) is 25.1 Å². The fourth-order valence-electron chi connectivity index (χ4n) is 1.83. The summed E-state index contributed by atoms with van der Waals surface area (Å²) in [6.07, 6.45) is 0.847. The van der Waals surface area contributed by atoms with E-state index in [4.69, 9.17) is 21.6 Å². The van der Waals surface area contributed by atoms with Crippen LogP contribution in [0.1, 0.15) is 16.7 Å². The summed E-state index contributed by atoms with van der Waals surface area (Å²) in [5, 5.41) is 9.21. The van der Waals surface area contributed by atoms with Crippen molar-refractivity contribution in [2.45, 2.75) is 13.3 Å². The molecular formula is C16H14ClNO. The maximum atomic E-state index is 8.78. The second-order valence-corrected chi connectivity index (χ2v) is 4.75. The Kier molecular flexibility index (Phi) is 4.43. The summed E-state index contributed by atoms with van der Waals surface area (Å²) in [7, 11) is 0. The number of nitrogens with zero attached hydrogens (tertiary/aromatic N) is 1. The zero-order valence-corrected chi connectivity index (χ0v) is 11.4. The second kappa shape index (κ2) is 6.26. The van der Waals surface area contributed by atoms with Crippen LogP contribution in [-0.4, -0.2) is 6.61 Å². The van der Waals surface area contributed by atoms with Crippen molar-refractivity contribution in [1.29, 1.82) is 5.26 Å². The number of nitriles is 1. The summed E-state index contributed by atoms with van der Waals surface area (Å²) in [6, 6.07) is 15.5. The van der Waals surface area contributed by atoms with Crippen molar-refractivity contribution in [3.63, 3.8) is 0 Å². The minimum Gasteiger partial charge on any atom is -0.493 e. The van der Waals surface area contributed by atoms with Gasteiger partial charge in [-0.15, -0.1) is 0 Å². The molecule has 19 heavy (non-hydrogen) atoms. The first-order chi connectivity index (χ1) is 9.19. The van der Waals surface area contributed by atoms with E-state index in [9.17, 15) is 0 Å². The van der Waals surface area contributed by atoms with Crippen LogP contribution in [-0.2, 0) is 6.42 Å². The van der Waals surface area contributed by atoms with Crippen molar-refractivity contribution in [3.8, 4) is 11.8 Å².